The van der Waals surface area contributed by atoms with Gasteiger partial charge in [-0.25, -0.2) is 4.98 Å². The van der Waals surface area contributed by atoms with Gasteiger partial charge in [0.1, 0.15) is 11.3 Å². The average Bonchev–Trinajstić information content (AvgIpc) is 2.67. The number of methoxy groups -OCH3 is 1. The largest absolute Gasteiger partial charge is 0.494 e. The lowest BCUT2D eigenvalue weighted by molar-refractivity contribution is 0.419. The summed E-state index contributed by atoms with van der Waals surface area (Å²) in [5, 5.41) is 1.17. The quantitative estimate of drug-likeness (QED) is 0.710. The van der Waals surface area contributed by atoms with Crippen molar-refractivity contribution in [3.05, 3.63) is 59.8 Å². The first-order chi connectivity index (χ1) is 12.7. The molecule has 2 heterocycles. The summed E-state index contributed by atoms with van der Waals surface area (Å²) in [4.78, 5) is 9.66. The molecule has 3 aromatic rings. The lowest BCUT2D eigenvalue weighted by atomic mass is 10.1. The average molecular weight is 347 g/mol. The van der Waals surface area contributed by atoms with Gasteiger partial charge in [0.05, 0.1) is 7.11 Å². The third-order valence-corrected chi connectivity index (χ3v) is 5.12. The van der Waals surface area contributed by atoms with Gasteiger partial charge in [0.15, 0.2) is 0 Å². The second-order valence-electron chi connectivity index (χ2n) is 6.95. The molecule has 0 spiro atoms. The smallest absolute Gasteiger partial charge is 0.145 e. The number of rotatable bonds is 3. The summed E-state index contributed by atoms with van der Waals surface area (Å²) in [5.41, 5.74) is 5.87. The van der Waals surface area contributed by atoms with Crippen LogP contribution in [0, 0.1) is 13.8 Å². The van der Waals surface area contributed by atoms with Crippen LogP contribution in [0.4, 0.5) is 11.4 Å². The predicted molar refractivity (Wildman–Crippen MR) is 109 cm³/mol. The van der Waals surface area contributed by atoms with Crippen LogP contribution in [0.2, 0.25) is 0 Å². The number of hydrogen-bond donors (Lipinski definition) is 0. The number of pyridine rings is 1. The van der Waals surface area contributed by atoms with Gasteiger partial charge in [0.2, 0.25) is 0 Å². The molecule has 0 bridgehead atoms. The number of piperazine rings is 1. The second-order valence-corrected chi connectivity index (χ2v) is 6.95. The van der Waals surface area contributed by atoms with E-state index in [0.717, 1.165) is 43.1 Å². The van der Waals surface area contributed by atoms with Gasteiger partial charge >= 0.3 is 0 Å². The van der Waals surface area contributed by atoms with Crippen LogP contribution in [0.5, 0.6) is 5.75 Å². The van der Waals surface area contributed by atoms with E-state index in [1.54, 1.807) is 7.11 Å². The molecular formula is C22H25N3O. The van der Waals surface area contributed by atoms with E-state index in [1.807, 2.05) is 12.1 Å². The molecule has 0 amide bonds. The number of fused-ring (bicyclic) bond motifs is 1. The van der Waals surface area contributed by atoms with Gasteiger partial charge < -0.3 is 14.5 Å². The second kappa shape index (κ2) is 6.87. The highest BCUT2D eigenvalue weighted by Crippen LogP contribution is 2.33. The van der Waals surface area contributed by atoms with Crippen molar-refractivity contribution < 1.29 is 4.74 Å². The highest BCUT2D eigenvalue weighted by atomic mass is 16.5. The molecule has 0 atom stereocenters. The van der Waals surface area contributed by atoms with Crippen molar-refractivity contribution in [2.75, 3.05) is 43.1 Å². The lowest BCUT2D eigenvalue weighted by Crippen LogP contribution is -2.46. The third-order valence-electron chi connectivity index (χ3n) is 5.12. The number of aryl methyl sites for hydroxylation is 2. The summed E-state index contributed by atoms with van der Waals surface area (Å²) in [6, 6.07) is 17.1. The summed E-state index contributed by atoms with van der Waals surface area (Å²) in [6.07, 6.45) is 0. The van der Waals surface area contributed by atoms with Crippen LogP contribution in [0.3, 0.4) is 0 Å². The molecule has 2 aromatic carbocycles. The highest BCUT2D eigenvalue weighted by molar-refractivity contribution is 5.95. The van der Waals surface area contributed by atoms with E-state index in [0.29, 0.717) is 0 Å². The minimum absolute atomic E-state index is 0.839. The molecule has 0 aliphatic carbocycles. The zero-order valence-corrected chi connectivity index (χ0v) is 15.7. The summed E-state index contributed by atoms with van der Waals surface area (Å²) >= 11 is 0. The Kier molecular flexibility index (Phi) is 4.41. The van der Waals surface area contributed by atoms with Crippen molar-refractivity contribution in [3.63, 3.8) is 0 Å². The number of anilines is 2. The Morgan fingerprint density at radius 2 is 1.62 bits per heavy atom. The molecule has 134 valence electrons. The van der Waals surface area contributed by atoms with Crippen LogP contribution in [-0.2, 0) is 0 Å². The number of ether oxygens (including phenoxy) is 1. The van der Waals surface area contributed by atoms with E-state index < -0.39 is 0 Å². The molecule has 1 fully saturated rings. The molecule has 0 saturated carbocycles. The number of aromatic nitrogens is 1. The summed E-state index contributed by atoms with van der Waals surface area (Å²) in [7, 11) is 1.71. The number of hydrogen-bond acceptors (Lipinski definition) is 4. The van der Waals surface area contributed by atoms with E-state index in [2.05, 4.69) is 60.0 Å². The fourth-order valence-electron chi connectivity index (χ4n) is 3.79. The minimum atomic E-state index is 0.839. The van der Waals surface area contributed by atoms with Crippen molar-refractivity contribution in [1.29, 1.82) is 0 Å². The van der Waals surface area contributed by atoms with Crippen LogP contribution in [0.25, 0.3) is 10.9 Å². The Hall–Kier alpha value is -2.75. The van der Waals surface area contributed by atoms with Crippen LogP contribution < -0.4 is 14.5 Å². The fourth-order valence-corrected chi connectivity index (χ4v) is 3.79. The van der Waals surface area contributed by atoms with Crippen LogP contribution in [0.15, 0.2) is 48.5 Å². The van der Waals surface area contributed by atoms with Crippen molar-refractivity contribution in [2.24, 2.45) is 0 Å². The normalized spacial score (nSPS) is 14.7. The number of nitrogens with zero attached hydrogens (tertiary/aromatic N) is 3. The van der Waals surface area contributed by atoms with Crippen LogP contribution in [0.1, 0.15) is 11.3 Å². The molecule has 0 N–H and O–H groups in total. The van der Waals surface area contributed by atoms with Gasteiger partial charge in [0, 0.05) is 48.6 Å². The maximum absolute atomic E-state index is 5.52. The molecule has 1 aliphatic rings. The van der Waals surface area contributed by atoms with Crippen LogP contribution in [-0.4, -0.2) is 38.3 Å². The van der Waals surface area contributed by atoms with Crippen molar-refractivity contribution in [3.8, 4) is 5.75 Å². The van der Waals surface area contributed by atoms with Crippen molar-refractivity contribution in [2.45, 2.75) is 13.8 Å². The maximum atomic E-state index is 5.52. The van der Waals surface area contributed by atoms with E-state index in [1.165, 1.54) is 22.3 Å². The van der Waals surface area contributed by atoms with Gasteiger partial charge in [-0.15, -0.1) is 0 Å². The number of para-hydroxylation sites is 1. The molecule has 26 heavy (non-hydrogen) atoms. The SMILES string of the molecule is COc1cccc2c(N3CCN(c4cccc(C)c4)CC3)cc(C)nc12. The standard InChI is InChI=1S/C22H25N3O/c1-16-6-4-7-18(14-16)24-10-12-25(13-11-24)20-15-17(2)23-22-19(20)8-5-9-21(22)26-3/h4-9,14-15H,10-13H2,1-3H3. The molecule has 0 unspecified atom stereocenters. The minimum Gasteiger partial charge on any atom is -0.494 e. The van der Waals surface area contributed by atoms with Gasteiger partial charge in [-0.05, 0) is 43.7 Å². The molecule has 1 aliphatic heterocycles. The first-order valence-corrected chi connectivity index (χ1v) is 9.16. The Balaban J connectivity index is 1.62. The first-order valence-electron chi connectivity index (χ1n) is 9.16. The Bertz CT molecular complexity index is 930. The van der Waals surface area contributed by atoms with E-state index >= 15 is 0 Å². The van der Waals surface area contributed by atoms with Gasteiger partial charge in [-0.3, -0.25) is 0 Å². The highest BCUT2D eigenvalue weighted by Gasteiger charge is 2.20. The summed E-state index contributed by atoms with van der Waals surface area (Å²) in [6.45, 7) is 8.26. The molecule has 4 rings (SSSR count). The van der Waals surface area contributed by atoms with Gasteiger partial charge in [-0.2, -0.15) is 0 Å². The zero-order valence-electron chi connectivity index (χ0n) is 15.7. The molecule has 1 aromatic heterocycles. The van der Waals surface area contributed by atoms with Crippen molar-refractivity contribution in [1.82, 2.24) is 4.98 Å². The van der Waals surface area contributed by atoms with Crippen molar-refractivity contribution >= 4 is 22.3 Å². The van der Waals surface area contributed by atoms with Gasteiger partial charge in [0.25, 0.3) is 0 Å². The maximum Gasteiger partial charge on any atom is 0.145 e. The predicted octanol–water partition coefficient (Wildman–Crippen LogP) is 4.19. The Labute approximate surface area is 155 Å². The molecule has 1 saturated heterocycles. The Morgan fingerprint density at radius 3 is 2.35 bits per heavy atom. The molecular weight excluding hydrogens is 322 g/mol. The third kappa shape index (κ3) is 3.07. The number of benzene rings is 2. The fraction of sp³-hybridized carbons (Fsp3) is 0.318. The molecule has 4 heteroatoms. The summed E-state index contributed by atoms with van der Waals surface area (Å²) in [5.74, 6) is 0.839. The topological polar surface area (TPSA) is 28.6 Å². The van der Waals surface area contributed by atoms with E-state index in [4.69, 9.17) is 9.72 Å². The van der Waals surface area contributed by atoms with E-state index in [-0.39, 0.29) is 0 Å². The Morgan fingerprint density at radius 1 is 0.885 bits per heavy atom. The van der Waals surface area contributed by atoms with Crippen LogP contribution >= 0.6 is 0 Å². The van der Waals surface area contributed by atoms with Gasteiger partial charge in [-0.1, -0.05) is 24.3 Å². The first kappa shape index (κ1) is 16.7. The molecule has 0 radical (unpaired) electrons. The monoisotopic (exact) mass is 347 g/mol. The molecule has 4 nitrogen and oxygen atoms in total. The lowest BCUT2D eigenvalue weighted by Gasteiger charge is -2.38. The van der Waals surface area contributed by atoms with E-state index in [9.17, 15) is 0 Å². The zero-order chi connectivity index (χ0) is 18.1. The summed E-state index contributed by atoms with van der Waals surface area (Å²) < 4.78 is 5.52.